The molecule has 0 aromatic carbocycles. The smallest absolute Gasteiger partial charge is 0.0623 e. The van der Waals surface area contributed by atoms with Crippen molar-refractivity contribution in [3.8, 4) is 0 Å². The van der Waals surface area contributed by atoms with Crippen LogP contribution in [-0.4, -0.2) is 47.3 Å². The predicted octanol–water partition coefficient (Wildman–Crippen LogP) is 2.64. The van der Waals surface area contributed by atoms with E-state index in [4.69, 9.17) is 0 Å². The summed E-state index contributed by atoms with van der Waals surface area (Å²) < 4.78 is 0. The molecule has 0 bridgehead atoms. The van der Waals surface area contributed by atoms with Crippen molar-refractivity contribution in [2.75, 3.05) is 19.7 Å². The molecular formula is C16H34N2O. The third kappa shape index (κ3) is 5.80. The Morgan fingerprint density at radius 2 is 1.84 bits per heavy atom. The maximum Gasteiger partial charge on any atom is 0.0623 e. The summed E-state index contributed by atoms with van der Waals surface area (Å²) in [6.07, 6.45) is 4.91. The predicted molar refractivity (Wildman–Crippen MR) is 82.4 cm³/mol. The average Bonchev–Trinajstić information content (AvgIpc) is 3.13. The molecule has 1 unspecified atom stereocenters. The van der Waals surface area contributed by atoms with Crippen LogP contribution in [-0.2, 0) is 0 Å². The van der Waals surface area contributed by atoms with Gasteiger partial charge in [-0.05, 0) is 38.5 Å². The van der Waals surface area contributed by atoms with Gasteiger partial charge in [0, 0.05) is 25.2 Å². The summed E-state index contributed by atoms with van der Waals surface area (Å²) in [6.45, 7) is 13.6. The topological polar surface area (TPSA) is 35.5 Å². The van der Waals surface area contributed by atoms with Crippen LogP contribution < -0.4 is 5.32 Å². The number of nitrogens with zero attached hydrogens (tertiary/aromatic N) is 1. The molecule has 2 N–H and O–H groups in total. The van der Waals surface area contributed by atoms with E-state index in [0.717, 1.165) is 13.1 Å². The molecule has 0 amide bonds. The van der Waals surface area contributed by atoms with Gasteiger partial charge in [0.05, 0.1) is 12.1 Å². The molecule has 0 spiro atoms. The van der Waals surface area contributed by atoms with Crippen LogP contribution in [0.2, 0.25) is 0 Å². The number of hydrogen-bond acceptors (Lipinski definition) is 3. The number of aliphatic hydroxyl groups is 1. The van der Waals surface area contributed by atoms with Crippen molar-refractivity contribution in [3.63, 3.8) is 0 Å². The monoisotopic (exact) mass is 270 g/mol. The lowest BCUT2D eigenvalue weighted by Gasteiger charge is -2.40. The first-order valence-corrected chi connectivity index (χ1v) is 8.06. The van der Waals surface area contributed by atoms with Gasteiger partial charge in [0.15, 0.2) is 0 Å². The SMILES string of the molecule is CCC(CC)N(CC(C)C)CC(C)(CO)NC1CC1. The normalized spacial score (nSPS) is 19.4. The lowest BCUT2D eigenvalue weighted by Crippen LogP contribution is -2.57. The molecule has 1 fully saturated rings. The second-order valence-corrected chi connectivity index (χ2v) is 6.93. The fourth-order valence-corrected chi connectivity index (χ4v) is 2.93. The number of hydrogen-bond donors (Lipinski definition) is 2. The van der Waals surface area contributed by atoms with Crippen molar-refractivity contribution in [1.82, 2.24) is 10.2 Å². The summed E-state index contributed by atoms with van der Waals surface area (Å²) in [5.74, 6) is 0.671. The van der Waals surface area contributed by atoms with Crippen molar-refractivity contribution in [2.24, 2.45) is 5.92 Å². The molecule has 0 heterocycles. The number of rotatable bonds is 10. The minimum atomic E-state index is -0.154. The lowest BCUT2D eigenvalue weighted by molar-refractivity contribution is 0.0811. The largest absolute Gasteiger partial charge is 0.394 e. The third-order valence-electron chi connectivity index (χ3n) is 4.09. The maximum atomic E-state index is 9.78. The minimum absolute atomic E-state index is 0.154. The highest BCUT2D eigenvalue weighted by molar-refractivity contribution is 4.95. The van der Waals surface area contributed by atoms with Crippen molar-refractivity contribution in [3.05, 3.63) is 0 Å². The van der Waals surface area contributed by atoms with Crippen LogP contribution in [0.25, 0.3) is 0 Å². The highest BCUT2D eigenvalue weighted by atomic mass is 16.3. The van der Waals surface area contributed by atoms with E-state index in [1.807, 2.05) is 0 Å². The molecule has 0 aromatic heterocycles. The van der Waals surface area contributed by atoms with E-state index >= 15 is 0 Å². The van der Waals surface area contributed by atoms with Gasteiger partial charge < -0.3 is 10.4 Å². The summed E-state index contributed by atoms with van der Waals surface area (Å²) >= 11 is 0. The van der Waals surface area contributed by atoms with Crippen molar-refractivity contribution >= 4 is 0 Å². The summed E-state index contributed by atoms with van der Waals surface area (Å²) in [5, 5.41) is 13.4. The molecule has 1 saturated carbocycles. The van der Waals surface area contributed by atoms with Gasteiger partial charge in [0.1, 0.15) is 0 Å². The van der Waals surface area contributed by atoms with Crippen LogP contribution in [0.3, 0.4) is 0 Å². The maximum absolute atomic E-state index is 9.78. The zero-order chi connectivity index (χ0) is 14.5. The van der Waals surface area contributed by atoms with Crippen LogP contribution in [0, 0.1) is 5.92 Å². The molecule has 114 valence electrons. The molecule has 0 saturated heterocycles. The van der Waals surface area contributed by atoms with Crippen molar-refractivity contribution < 1.29 is 5.11 Å². The Hall–Kier alpha value is -0.120. The van der Waals surface area contributed by atoms with Gasteiger partial charge in [0.2, 0.25) is 0 Å². The summed E-state index contributed by atoms with van der Waals surface area (Å²) in [4.78, 5) is 2.58. The van der Waals surface area contributed by atoms with Gasteiger partial charge in [-0.25, -0.2) is 0 Å². The first-order valence-electron chi connectivity index (χ1n) is 8.06. The zero-order valence-corrected chi connectivity index (χ0v) is 13.6. The van der Waals surface area contributed by atoms with Crippen LogP contribution in [0.4, 0.5) is 0 Å². The Morgan fingerprint density at radius 3 is 2.21 bits per heavy atom. The molecular weight excluding hydrogens is 236 g/mol. The molecule has 1 rings (SSSR count). The van der Waals surface area contributed by atoms with Crippen molar-refractivity contribution in [1.29, 1.82) is 0 Å². The van der Waals surface area contributed by atoms with Gasteiger partial charge in [-0.1, -0.05) is 27.7 Å². The lowest BCUT2D eigenvalue weighted by atomic mass is 9.98. The van der Waals surface area contributed by atoms with Crippen LogP contribution >= 0.6 is 0 Å². The van der Waals surface area contributed by atoms with E-state index in [1.165, 1.54) is 25.7 Å². The van der Waals surface area contributed by atoms with E-state index in [-0.39, 0.29) is 12.1 Å². The fourth-order valence-electron chi connectivity index (χ4n) is 2.93. The summed E-state index contributed by atoms with van der Waals surface area (Å²) in [6, 6.07) is 1.27. The van der Waals surface area contributed by atoms with Gasteiger partial charge in [-0.15, -0.1) is 0 Å². The number of aliphatic hydroxyl groups excluding tert-OH is 1. The first-order chi connectivity index (χ1) is 8.94. The van der Waals surface area contributed by atoms with Gasteiger partial charge >= 0.3 is 0 Å². The summed E-state index contributed by atoms with van der Waals surface area (Å²) in [5.41, 5.74) is -0.154. The molecule has 1 atom stereocenters. The minimum Gasteiger partial charge on any atom is -0.394 e. The van der Waals surface area contributed by atoms with Crippen LogP contribution in [0.15, 0.2) is 0 Å². The van der Waals surface area contributed by atoms with E-state index < -0.39 is 0 Å². The Labute approximate surface area is 119 Å². The van der Waals surface area contributed by atoms with E-state index in [1.54, 1.807) is 0 Å². The van der Waals surface area contributed by atoms with Crippen LogP contribution in [0.1, 0.15) is 60.3 Å². The Morgan fingerprint density at radius 1 is 1.26 bits per heavy atom. The standard InChI is InChI=1S/C16H34N2O/c1-6-15(7-2)18(10-13(3)4)11-16(5,12-19)17-14-8-9-14/h13-15,17,19H,6-12H2,1-5H3. The first kappa shape index (κ1) is 16.9. The second kappa shape index (κ2) is 7.61. The molecule has 19 heavy (non-hydrogen) atoms. The second-order valence-electron chi connectivity index (χ2n) is 6.93. The quantitative estimate of drug-likeness (QED) is 0.640. The zero-order valence-electron chi connectivity index (χ0n) is 13.6. The van der Waals surface area contributed by atoms with Gasteiger partial charge in [0.25, 0.3) is 0 Å². The highest BCUT2D eigenvalue weighted by Crippen LogP contribution is 2.24. The van der Waals surface area contributed by atoms with Gasteiger partial charge in [-0.2, -0.15) is 0 Å². The number of nitrogens with one attached hydrogen (secondary N) is 1. The van der Waals surface area contributed by atoms with E-state index in [9.17, 15) is 5.11 Å². The Bertz CT molecular complexity index is 249. The summed E-state index contributed by atoms with van der Waals surface area (Å²) in [7, 11) is 0. The molecule has 1 aliphatic carbocycles. The van der Waals surface area contributed by atoms with Gasteiger partial charge in [-0.3, -0.25) is 4.90 Å². The molecule has 0 aromatic rings. The molecule has 3 nitrogen and oxygen atoms in total. The highest BCUT2D eigenvalue weighted by Gasteiger charge is 2.34. The molecule has 1 aliphatic rings. The molecule has 0 aliphatic heterocycles. The Balaban J connectivity index is 2.66. The average molecular weight is 270 g/mol. The third-order valence-corrected chi connectivity index (χ3v) is 4.09. The van der Waals surface area contributed by atoms with E-state index in [2.05, 4.69) is 44.8 Å². The van der Waals surface area contributed by atoms with E-state index in [0.29, 0.717) is 18.0 Å². The molecule has 3 heteroatoms. The molecule has 0 radical (unpaired) electrons. The Kier molecular flexibility index (Phi) is 6.78. The fraction of sp³-hybridized carbons (Fsp3) is 1.00. The van der Waals surface area contributed by atoms with Crippen molar-refractivity contribution in [2.45, 2.75) is 77.9 Å². The van der Waals surface area contributed by atoms with Crippen LogP contribution in [0.5, 0.6) is 0 Å².